The first-order valence-corrected chi connectivity index (χ1v) is 7.27. The van der Waals surface area contributed by atoms with Crippen LogP contribution in [0.4, 0.5) is 0 Å². The third-order valence-electron chi connectivity index (χ3n) is 3.23. The number of hydrogen-bond acceptors (Lipinski definition) is 6. The summed E-state index contributed by atoms with van der Waals surface area (Å²) in [5.74, 6) is -0.375. The maximum absolute atomic E-state index is 11.0. The summed E-state index contributed by atoms with van der Waals surface area (Å²) in [7, 11) is 1.43. The lowest BCUT2D eigenvalue weighted by molar-refractivity contribution is -0.108. The average molecular weight is 342 g/mol. The minimum absolute atomic E-state index is 0.139. The molecule has 0 unspecified atom stereocenters. The van der Waals surface area contributed by atoms with Crippen LogP contribution in [-0.2, 0) is 9.63 Å². The average Bonchev–Trinajstić information content (AvgIpc) is 2.59. The summed E-state index contributed by atoms with van der Waals surface area (Å²) >= 11 is 0. The zero-order valence-electron chi connectivity index (χ0n) is 13.4. The third kappa shape index (κ3) is 5.02. The predicted octanol–water partition coefficient (Wildman–Crippen LogP) is 2.08. The maximum Gasteiger partial charge on any atom is 0.211 e. The van der Waals surface area contributed by atoms with Gasteiger partial charge < -0.3 is 20.6 Å². The molecular formula is C18H18N2O5. The van der Waals surface area contributed by atoms with Crippen molar-refractivity contribution in [2.24, 2.45) is 0 Å². The Kier molecular flexibility index (Phi) is 6.02. The Balaban J connectivity index is 2.44. The summed E-state index contributed by atoms with van der Waals surface area (Å²) in [6.07, 6.45) is 3.80. The van der Waals surface area contributed by atoms with E-state index in [2.05, 4.69) is 10.8 Å². The first-order chi connectivity index (χ1) is 12.0. The summed E-state index contributed by atoms with van der Waals surface area (Å²) in [4.78, 5) is 15.9. The first-order valence-electron chi connectivity index (χ1n) is 7.27. The van der Waals surface area contributed by atoms with E-state index in [0.717, 1.165) is 5.56 Å². The molecule has 7 heteroatoms. The summed E-state index contributed by atoms with van der Waals surface area (Å²) in [5.41, 5.74) is 4.79. The van der Waals surface area contributed by atoms with Gasteiger partial charge in [-0.2, -0.15) is 0 Å². The van der Waals surface area contributed by atoms with Gasteiger partial charge in [-0.1, -0.05) is 18.2 Å². The first kappa shape index (κ1) is 17.9. The monoisotopic (exact) mass is 342 g/mol. The van der Waals surface area contributed by atoms with Gasteiger partial charge in [0, 0.05) is 0 Å². The normalized spacial score (nSPS) is 11.9. The van der Waals surface area contributed by atoms with Crippen molar-refractivity contribution in [2.75, 3.05) is 7.11 Å². The van der Waals surface area contributed by atoms with Gasteiger partial charge in [-0.25, -0.2) is 0 Å². The van der Waals surface area contributed by atoms with Gasteiger partial charge in [0.15, 0.2) is 11.5 Å². The van der Waals surface area contributed by atoms with Crippen LogP contribution < -0.4 is 10.8 Å². The Morgan fingerprint density at radius 1 is 0.920 bits per heavy atom. The Labute approximate surface area is 144 Å². The molecule has 0 fully saturated rings. The van der Waals surface area contributed by atoms with Gasteiger partial charge >= 0.3 is 0 Å². The smallest absolute Gasteiger partial charge is 0.211 e. The molecule has 25 heavy (non-hydrogen) atoms. The van der Waals surface area contributed by atoms with Crippen molar-refractivity contribution < 1.29 is 25.0 Å². The minimum Gasteiger partial charge on any atom is -0.508 e. The molecule has 0 aliphatic rings. The fourth-order valence-electron chi connectivity index (χ4n) is 2.07. The maximum atomic E-state index is 11.0. The van der Waals surface area contributed by atoms with Crippen LogP contribution in [0.25, 0.3) is 12.2 Å². The molecule has 2 aromatic carbocycles. The van der Waals surface area contributed by atoms with Gasteiger partial charge in [0.25, 0.3) is 0 Å². The van der Waals surface area contributed by atoms with Gasteiger partial charge in [0.05, 0.1) is 18.5 Å². The molecule has 0 radical (unpaired) electrons. The lowest BCUT2D eigenvalue weighted by Crippen LogP contribution is -2.21. The second-order valence-corrected chi connectivity index (χ2v) is 5.02. The van der Waals surface area contributed by atoms with Crippen LogP contribution >= 0.6 is 0 Å². The van der Waals surface area contributed by atoms with Crippen molar-refractivity contribution in [3.63, 3.8) is 0 Å². The Hall–Kier alpha value is -3.45. The number of carbonyl (C=O) groups is 1. The van der Waals surface area contributed by atoms with E-state index < -0.39 is 0 Å². The van der Waals surface area contributed by atoms with Crippen molar-refractivity contribution in [3.05, 3.63) is 65.0 Å². The van der Waals surface area contributed by atoms with E-state index in [-0.39, 0.29) is 17.2 Å². The molecule has 0 spiro atoms. The molecule has 0 saturated carbocycles. The minimum atomic E-state index is -0.275. The van der Waals surface area contributed by atoms with Crippen LogP contribution in [0.1, 0.15) is 11.1 Å². The van der Waals surface area contributed by atoms with E-state index in [1.54, 1.807) is 30.4 Å². The molecule has 130 valence electrons. The van der Waals surface area contributed by atoms with Gasteiger partial charge in [-0.3, -0.25) is 15.1 Å². The molecule has 2 rings (SSSR count). The number of amides is 1. The van der Waals surface area contributed by atoms with Crippen LogP contribution in [0.5, 0.6) is 17.2 Å². The van der Waals surface area contributed by atoms with Crippen molar-refractivity contribution >= 4 is 18.6 Å². The largest absolute Gasteiger partial charge is 0.508 e. The molecule has 5 N–H and O–H groups in total. The van der Waals surface area contributed by atoms with E-state index in [1.165, 1.54) is 31.4 Å². The second-order valence-electron chi connectivity index (χ2n) is 5.02. The number of phenolic OH excluding ortho intramolecular Hbond substituents is 3. The van der Waals surface area contributed by atoms with E-state index in [1.807, 2.05) is 0 Å². The highest BCUT2D eigenvalue weighted by molar-refractivity contribution is 5.70. The Morgan fingerprint density at radius 2 is 1.56 bits per heavy atom. The van der Waals surface area contributed by atoms with E-state index in [9.17, 15) is 20.1 Å². The number of carbonyl (C=O) groups excluding carboxylic acids is 1. The van der Waals surface area contributed by atoms with Crippen molar-refractivity contribution in [2.45, 2.75) is 0 Å². The van der Waals surface area contributed by atoms with Gasteiger partial charge in [0.2, 0.25) is 6.41 Å². The highest BCUT2D eigenvalue weighted by Gasteiger charge is 2.07. The van der Waals surface area contributed by atoms with E-state index in [4.69, 9.17) is 4.84 Å². The van der Waals surface area contributed by atoms with E-state index >= 15 is 0 Å². The summed E-state index contributed by atoms with van der Waals surface area (Å²) in [6.45, 7) is 0. The standard InChI is InChI=1S/C18H18N2O5/c1-25-20-16(8-12-2-5-14(22)6-3-12)15(19-11-21)9-13-4-7-17(23)18(24)10-13/h2-11,20,22-24H,1H3,(H,19,21)/b15-9-,16-8-. The number of rotatable bonds is 7. The van der Waals surface area contributed by atoms with Crippen LogP contribution in [-0.4, -0.2) is 28.8 Å². The number of hydrogen-bond donors (Lipinski definition) is 5. The molecule has 0 saturated heterocycles. The number of aromatic hydroxyl groups is 3. The number of benzene rings is 2. The Morgan fingerprint density at radius 3 is 2.16 bits per heavy atom. The zero-order valence-corrected chi connectivity index (χ0v) is 13.4. The third-order valence-corrected chi connectivity index (χ3v) is 3.23. The van der Waals surface area contributed by atoms with Crippen molar-refractivity contribution in [3.8, 4) is 17.2 Å². The molecule has 7 nitrogen and oxygen atoms in total. The number of hydroxylamine groups is 1. The van der Waals surface area contributed by atoms with Crippen molar-refractivity contribution in [1.82, 2.24) is 10.8 Å². The lowest BCUT2D eigenvalue weighted by Gasteiger charge is -2.13. The SMILES string of the molecule is CONC(=C\c1ccc(O)cc1)/C(=C/c1ccc(O)c(O)c1)NC=O. The summed E-state index contributed by atoms with van der Waals surface area (Å²) in [6, 6.07) is 10.7. The van der Waals surface area contributed by atoms with Gasteiger partial charge in [-0.05, 0) is 47.5 Å². The highest BCUT2D eigenvalue weighted by atomic mass is 16.6. The molecule has 0 aromatic heterocycles. The fourth-order valence-corrected chi connectivity index (χ4v) is 2.07. The number of phenols is 3. The lowest BCUT2D eigenvalue weighted by atomic mass is 10.1. The summed E-state index contributed by atoms with van der Waals surface area (Å²) < 4.78 is 0. The van der Waals surface area contributed by atoms with Crippen molar-refractivity contribution in [1.29, 1.82) is 0 Å². The summed E-state index contributed by atoms with van der Waals surface area (Å²) in [5, 5.41) is 30.9. The molecule has 0 bridgehead atoms. The quantitative estimate of drug-likeness (QED) is 0.228. The molecule has 0 aliphatic carbocycles. The topological polar surface area (TPSA) is 111 Å². The predicted molar refractivity (Wildman–Crippen MR) is 93.2 cm³/mol. The Bertz CT molecular complexity index is 798. The molecule has 0 atom stereocenters. The van der Waals surface area contributed by atoms with Crippen LogP contribution in [0.15, 0.2) is 53.9 Å². The van der Waals surface area contributed by atoms with Gasteiger partial charge in [-0.15, -0.1) is 0 Å². The van der Waals surface area contributed by atoms with Crippen LogP contribution in [0.2, 0.25) is 0 Å². The van der Waals surface area contributed by atoms with Crippen LogP contribution in [0.3, 0.4) is 0 Å². The fraction of sp³-hybridized carbons (Fsp3) is 0.0556. The zero-order chi connectivity index (χ0) is 18.2. The molecule has 1 amide bonds. The number of nitrogens with one attached hydrogen (secondary N) is 2. The molecule has 0 heterocycles. The van der Waals surface area contributed by atoms with Gasteiger partial charge in [0.1, 0.15) is 5.75 Å². The highest BCUT2D eigenvalue weighted by Crippen LogP contribution is 2.26. The van der Waals surface area contributed by atoms with Crippen LogP contribution in [0, 0.1) is 0 Å². The molecular weight excluding hydrogens is 324 g/mol. The molecule has 0 aliphatic heterocycles. The van der Waals surface area contributed by atoms with E-state index in [0.29, 0.717) is 23.4 Å². The second kappa shape index (κ2) is 8.42. The molecule has 2 aromatic rings.